The third-order valence-electron chi connectivity index (χ3n) is 2.98. The van der Waals surface area contributed by atoms with Crippen molar-refractivity contribution in [3.63, 3.8) is 0 Å². The van der Waals surface area contributed by atoms with Crippen molar-refractivity contribution in [1.29, 1.82) is 0 Å². The number of amides is 3. The lowest BCUT2D eigenvalue weighted by Crippen LogP contribution is -2.43. The van der Waals surface area contributed by atoms with Crippen LogP contribution in [0, 0.1) is 0 Å². The second kappa shape index (κ2) is 4.83. The highest BCUT2D eigenvalue weighted by Crippen LogP contribution is 2.31. The molecule has 1 atom stereocenters. The second-order valence-corrected chi connectivity index (χ2v) is 4.42. The van der Waals surface area contributed by atoms with E-state index in [1.807, 2.05) is 6.92 Å². The molecule has 0 spiro atoms. The Labute approximate surface area is 99.7 Å². The highest BCUT2D eigenvalue weighted by Gasteiger charge is 2.45. The van der Waals surface area contributed by atoms with Crippen molar-refractivity contribution in [2.24, 2.45) is 0 Å². The molecule has 2 rings (SSSR count). The Balaban J connectivity index is 1.84. The van der Waals surface area contributed by atoms with E-state index in [1.54, 1.807) is 0 Å². The first-order chi connectivity index (χ1) is 8.13. The van der Waals surface area contributed by atoms with Gasteiger partial charge in [0.1, 0.15) is 0 Å². The topological polar surface area (TPSA) is 78.5 Å². The molecule has 1 saturated heterocycles. The van der Waals surface area contributed by atoms with Gasteiger partial charge >= 0.3 is 0 Å². The van der Waals surface area contributed by atoms with E-state index in [4.69, 9.17) is 0 Å². The third-order valence-corrected chi connectivity index (χ3v) is 2.98. The minimum Gasteiger partial charge on any atom is -0.355 e. The molecular formula is C11H17N3O3. The molecule has 1 saturated carbocycles. The Morgan fingerprint density at radius 2 is 2.12 bits per heavy atom. The molecular weight excluding hydrogens is 222 g/mol. The largest absolute Gasteiger partial charge is 0.355 e. The highest BCUT2D eigenvalue weighted by atomic mass is 16.2. The van der Waals surface area contributed by atoms with Crippen molar-refractivity contribution in [3.05, 3.63) is 0 Å². The number of hydrogen-bond acceptors (Lipinski definition) is 4. The van der Waals surface area contributed by atoms with Gasteiger partial charge in [-0.2, -0.15) is 0 Å². The molecule has 17 heavy (non-hydrogen) atoms. The number of hydrogen-bond donors (Lipinski definition) is 2. The molecule has 1 aliphatic carbocycles. The van der Waals surface area contributed by atoms with Gasteiger partial charge in [-0.25, -0.2) is 0 Å². The zero-order valence-corrected chi connectivity index (χ0v) is 9.86. The van der Waals surface area contributed by atoms with Crippen LogP contribution < -0.4 is 10.6 Å². The molecule has 0 radical (unpaired) electrons. The Morgan fingerprint density at radius 1 is 1.41 bits per heavy atom. The molecule has 6 nitrogen and oxygen atoms in total. The fraction of sp³-hybridized carbons (Fsp3) is 0.727. The van der Waals surface area contributed by atoms with E-state index < -0.39 is 6.04 Å². The van der Waals surface area contributed by atoms with Gasteiger partial charge in [0.2, 0.25) is 17.7 Å². The van der Waals surface area contributed by atoms with Crippen LogP contribution in [0.1, 0.15) is 26.2 Å². The zero-order valence-electron chi connectivity index (χ0n) is 9.86. The van der Waals surface area contributed by atoms with Crippen molar-refractivity contribution in [3.8, 4) is 0 Å². The lowest BCUT2D eigenvalue weighted by molar-refractivity contribution is -0.139. The summed E-state index contributed by atoms with van der Waals surface area (Å²) in [5.74, 6) is -0.453. The first-order valence-electron chi connectivity index (χ1n) is 5.99. The summed E-state index contributed by atoms with van der Waals surface area (Å²) in [5, 5.41) is 5.47. The van der Waals surface area contributed by atoms with Gasteiger partial charge in [0.25, 0.3) is 0 Å². The Hall–Kier alpha value is -1.43. The summed E-state index contributed by atoms with van der Waals surface area (Å²) in [6.45, 7) is 2.47. The second-order valence-electron chi connectivity index (χ2n) is 4.42. The first kappa shape index (κ1) is 12.0. The molecule has 3 amide bonds. The summed E-state index contributed by atoms with van der Waals surface area (Å²) in [6.07, 6.45) is 2.01. The van der Waals surface area contributed by atoms with Gasteiger partial charge < -0.3 is 5.32 Å². The summed E-state index contributed by atoms with van der Waals surface area (Å²) in [6, 6.07) is -0.406. The van der Waals surface area contributed by atoms with Gasteiger partial charge in [0, 0.05) is 12.6 Å². The van der Waals surface area contributed by atoms with Crippen molar-refractivity contribution < 1.29 is 14.4 Å². The van der Waals surface area contributed by atoms with Crippen molar-refractivity contribution in [2.75, 3.05) is 13.1 Å². The Bertz CT molecular complexity index is 352. The Kier molecular flexibility index (Phi) is 3.42. The van der Waals surface area contributed by atoms with Crippen LogP contribution in [0.3, 0.4) is 0 Å². The molecule has 1 unspecified atom stereocenters. The monoisotopic (exact) mass is 239 g/mol. The molecule has 2 fully saturated rings. The molecule has 1 aliphatic heterocycles. The van der Waals surface area contributed by atoms with E-state index in [0.717, 1.165) is 12.8 Å². The van der Waals surface area contributed by atoms with Crippen LogP contribution in [0.4, 0.5) is 0 Å². The standard InChI is InChI=1S/C11H17N3O3/c1-2-12-9(15)6-13-8-5-10(16)14(11(8)17)7-3-4-7/h7-8,13H,2-6H2,1H3,(H,12,15). The normalized spacial score (nSPS) is 24.3. The van der Waals surface area contributed by atoms with Crippen molar-refractivity contribution in [2.45, 2.75) is 38.3 Å². The van der Waals surface area contributed by atoms with Gasteiger partial charge in [-0.1, -0.05) is 0 Å². The number of carbonyl (C=O) groups excluding carboxylic acids is 3. The maximum Gasteiger partial charge on any atom is 0.247 e. The average Bonchev–Trinajstić information content (AvgIpc) is 3.05. The summed E-state index contributed by atoms with van der Waals surface area (Å²) in [7, 11) is 0. The number of nitrogens with one attached hydrogen (secondary N) is 2. The maximum absolute atomic E-state index is 11.9. The summed E-state index contributed by atoms with van der Waals surface area (Å²) >= 11 is 0. The van der Waals surface area contributed by atoms with E-state index >= 15 is 0 Å². The number of rotatable bonds is 5. The molecule has 0 aromatic rings. The predicted octanol–water partition coefficient (Wildman–Crippen LogP) is -0.998. The number of nitrogens with zero attached hydrogens (tertiary/aromatic N) is 1. The highest BCUT2D eigenvalue weighted by molar-refractivity contribution is 6.06. The summed E-state index contributed by atoms with van der Waals surface area (Å²) < 4.78 is 0. The molecule has 0 bridgehead atoms. The van der Waals surface area contributed by atoms with Crippen LogP contribution in [0.15, 0.2) is 0 Å². The minimum atomic E-state index is -0.522. The number of imide groups is 1. The van der Waals surface area contributed by atoms with E-state index in [9.17, 15) is 14.4 Å². The molecule has 2 aliphatic rings. The van der Waals surface area contributed by atoms with E-state index in [2.05, 4.69) is 10.6 Å². The van der Waals surface area contributed by atoms with E-state index in [-0.39, 0.29) is 36.7 Å². The quantitative estimate of drug-likeness (QED) is 0.603. The van der Waals surface area contributed by atoms with Gasteiger partial charge in [0.05, 0.1) is 19.0 Å². The number of likely N-dealkylation sites (N-methyl/N-ethyl adjacent to an activating group) is 1. The van der Waals surface area contributed by atoms with Gasteiger partial charge in [0.15, 0.2) is 0 Å². The smallest absolute Gasteiger partial charge is 0.247 e. The third kappa shape index (κ3) is 2.63. The fourth-order valence-electron chi connectivity index (χ4n) is 2.00. The summed E-state index contributed by atoms with van der Waals surface area (Å²) in [4.78, 5) is 36.1. The molecule has 94 valence electrons. The first-order valence-corrected chi connectivity index (χ1v) is 5.99. The SMILES string of the molecule is CCNC(=O)CNC1CC(=O)N(C2CC2)C1=O. The fourth-order valence-corrected chi connectivity index (χ4v) is 2.00. The average molecular weight is 239 g/mol. The van der Waals surface area contributed by atoms with Gasteiger partial charge in [-0.05, 0) is 19.8 Å². The van der Waals surface area contributed by atoms with Crippen molar-refractivity contribution >= 4 is 17.7 Å². The number of likely N-dealkylation sites (tertiary alicyclic amines) is 1. The lowest BCUT2D eigenvalue weighted by Gasteiger charge is -2.14. The molecule has 1 heterocycles. The van der Waals surface area contributed by atoms with Gasteiger partial charge in [-0.3, -0.25) is 24.6 Å². The molecule has 2 N–H and O–H groups in total. The van der Waals surface area contributed by atoms with Crippen LogP contribution in [0.2, 0.25) is 0 Å². The molecule has 6 heteroatoms. The number of carbonyl (C=O) groups is 3. The minimum absolute atomic E-state index is 0.0794. The van der Waals surface area contributed by atoms with Crippen LogP contribution >= 0.6 is 0 Å². The molecule has 0 aromatic carbocycles. The maximum atomic E-state index is 11.9. The van der Waals surface area contributed by atoms with E-state index in [0.29, 0.717) is 6.54 Å². The predicted molar refractivity (Wildman–Crippen MR) is 60.0 cm³/mol. The van der Waals surface area contributed by atoms with E-state index in [1.165, 1.54) is 4.90 Å². The zero-order chi connectivity index (χ0) is 12.4. The van der Waals surface area contributed by atoms with Crippen LogP contribution in [0.5, 0.6) is 0 Å². The lowest BCUT2D eigenvalue weighted by atomic mass is 10.2. The Morgan fingerprint density at radius 3 is 2.71 bits per heavy atom. The van der Waals surface area contributed by atoms with Gasteiger partial charge in [-0.15, -0.1) is 0 Å². The van der Waals surface area contributed by atoms with Crippen LogP contribution in [0.25, 0.3) is 0 Å². The van der Waals surface area contributed by atoms with Crippen LogP contribution in [-0.2, 0) is 14.4 Å². The van der Waals surface area contributed by atoms with Crippen molar-refractivity contribution in [1.82, 2.24) is 15.5 Å². The van der Waals surface area contributed by atoms with Crippen LogP contribution in [-0.4, -0.2) is 47.8 Å². The molecule has 0 aromatic heterocycles. The summed E-state index contributed by atoms with van der Waals surface area (Å²) in [5.41, 5.74) is 0.